The summed E-state index contributed by atoms with van der Waals surface area (Å²) in [6, 6.07) is 15.0. The third kappa shape index (κ3) is 3.45. The van der Waals surface area contributed by atoms with Gasteiger partial charge < -0.3 is 4.74 Å². The second kappa shape index (κ2) is 6.43. The highest BCUT2D eigenvalue weighted by molar-refractivity contribution is 5.90. The van der Waals surface area contributed by atoms with Gasteiger partial charge >= 0.3 is 5.97 Å². The number of carbonyl (C=O) groups is 1. The van der Waals surface area contributed by atoms with Crippen molar-refractivity contribution in [2.75, 3.05) is 0 Å². The highest BCUT2D eigenvalue weighted by Crippen LogP contribution is 2.42. The quantitative estimate of drug-likeness (QED) is 0.463. The minimum absolute atomic E-state index is 0.0619. The zero-order chi connectivity index (χ0) is 18.0. The SMILES string of the molecule is CC(C)(C)C(C)(OC(=O)c1ccc([N+](=O)[O-])cc1)c1ccccc1. The average molecular weight is 327 g/mol. The van der Waals surface area contributed by atoms with Crippen LogP contribution in [0.2, 0.25) is 0 Å². The van der Waals surface area contributed by atoms with Crippen LogP contribution in [0, 0.1) is 15.5 Å². The zero-order valence-electron chi connectivity index (χ0n) is 14.3. The smallest absolute Gasteiger partial charge is 0.339 e. The number of carbonyl (C=O) groups excluding carboxylic acids is 1. The summed E-state index contributed by atoms with van der Waals surface area (Å²) >= 11 is 0. The van der Waals surface area contributed by atoms with Gasteiger partial charge in [0.2, 0.25) is 0 Å². The minimum Gasteiger partial charge on any atom is -0.450 e. The van der Waals surface area contributed by atoms with Gasteiger partial charge in [0.05, 0.1) is 10.5 Å². The largest absolute Gasteiger partial charge is 0.450 e. The van der Waals surface area contributed by atoms with Gasteiger partial charge in [0, 0.05) is 17.5 Å². The van der Waals surface area contributed by atoms with Gasteiger partial charge in [0.25, 0.3) is 5.69 Å². The van der Waals surface area contributed by atoms with Gasteiger partial charge in [-0.2, -0.15) is 0 Å². The van der Waals surface area contributed by atoms with Gasteiger partial charge in [-0.3, -0.25) is 10.1 Å². The molecule has 0 radical (unpaired) electrons. The van der Waals surface area contributed by atoms with Crippen LogP contribution >= 0.6 is 0 Å². The molecule has 0 N–H and O–H groups in total. The van der Waals surface area contributed by atoms with Crippen molar-refractivity contribution in [3.63, 3.8) is 0 Å². The van der Waals surface area contributed by atoms with Crippen LogP contribution in [-0.2, 0) is 10.3 Å². The van der Waals surface area contributed by atoms with E-state index in [1.807, 2.05) is 58.0 Å². The van der Waals surface area contributed by atoms with Gasteiger partial charge in [0.15, 0.2) is 0 Å². The van der Waals surface area contributed by atoms with E-state index in [9.17, 15) is 14.9 Å². The fourth-order valence-corrected chi connectivity index (χ4v) is 2.36. The predicted molar refractivity (Wildman–Crippen MR) is 91.8 cm³/mol. The number of non-ortho nitro benzene ring substituents is 1. The summed E-state index contributed by atoms with van der Waals surface area (Å²) < 4.78 is 5.87. The molecular formula is C19H21NO4. The number of nitro groups is 1. The normalized spacial score (nSPS) is 13.8. The van der Waals surface area contributed by atoms with Crippen LogP contribution in [0.25, 0.3) is 0 Å². The molecule has 0 aliphatic rings. The van der Waals surface area contributed by atoms with Crippen molar-refractivity contribution in [1.82, 2.24) is 0 Å². The summed E-state index contributed by atoms with van der Waals surface area (Å²) in [4.78, 5) is 22.8. The lowest BCUT2D eigenvalue weighted by molar-refractivity contribution is -0.384. The van der Waals surface area contributed by atoms with E-state index in [2.05, 4.69) is 0 Å². The maximum Gasteiger partial charge on any atom is 0.339 e. The fourth-order valence-electron chi connectivity index (χ4n) is 2.36. The van der Waals surface area contributed by atoms with Gasteiger partial charge in [-0.15, -0.1) is 0 Å². The molecule has 126 valence electrons. The first-order valence-electron chi connectivity index (χ1n) is 7.68. The molecular weight excluding hydrogens is 306 g/mol. The van der Waals surface area contributed by atoms with Crippen molar-refractivity contribution < 1.29 is 14.5 Å². The van der Waals surface area contributed by atoms with Crippen LogP contribution in [0.15, 0.2) is 54.6 Å². The molecule has 5 nitrogen and oxygen atoms in total. The zero-order valence-corrected chi connectivity index (χ0v) is 14.3. The third-order valence-corrected chi connectivity index (χ3v) is 4.37. The van der Waals surface area contributed by atoms with Crippen LogP contribution in [0.1, 0.15) is 43.6 Å². The molecule has 2 aromatic carbocycles. The molecule has 0 amide bonds. The Bertz CT molecular complexity index is 732. The van der Waals surface area contributed by atoms with E-state index in [0.717, 1.165) is 5.56 Å². The van der Waals surface area contributed by atoms with Crippen molar-refractivity contribution >= 4 is 11.7 Å². The highest BCUT2D eigenvalue weighted by atomic mass is 16.6. The summed E-state index contributed by atoms with van der Waals surface area (Å²) in [5.41, 5.74) is -0.0641. The summed E-state index contributed by atoms with van der Waals surface area (Å²) in [7, 11) is 0. The van der Waals surface area contributed by atoms with Crippen LogP contribution in [-0.4, -0.2) is 10.9 Å². The van der Waals surface area contributed by atoms with Crippen molar-refractivity contribution in [2.24, 2.45) is 5.41 Å². The summed E-state index contributed by atoms with van der Waals surface area (Å²) in [6.07, 6.45) is 0. The molecule has 0 fully saturated rings. The van der Waals surface area contributed by atoms with Crippen LogP contribution in [0.3, 0.4) is 0 Å². The molecule has 5 heteroatoms. The van der Waals surface area contributed by atoms with Crippen LogP contribution in [0.5, 0.6) is 0 Å². The second-order valence-corrected chi connectivity index (χ2v) is 6.84. The Morgan fingerprint density at radius 3 is 1.96 bits per heavy atom. The predicted octanol–water partition coefficient (Wildman–Crippen LogP) is 4.71. The van der Waals surface area contributed by atoms with Gasteiger partial charge in [-0.05, 0) is 24.6 Å². The first-order chi connectivity index (χ1) is 11.1. The van der Waals surface area contributed by atoms with Gasteiger partial charge in [0.1, 0.15) is 5.60 Å². The molecule has 0 heterocycles. The van der Waals surface area contributed by atoms with E-state index in [0.29, 0.717) is 0 Å². The molecule has 24 heavy (non-hydrogen) atoms. The molecule has 0 aliphatic carbocycles. The van der Waals surface area contributed by atoms with Crippen molar-refractivity contribution in [3.8, 4) is 0 Å². The lowest BCUT2D eigenvalue weighted by Gasteiger charge is -2.41. The van der Waals surface area contributed by atoms with E-state index >= 15 is 0 Å². The summed E-state index contributed by atoms with van der Waals surface area (Å²) in [5.74, 6) is -0.508. The molecule has 0 aromatic heterocycles. The lowest BCUT2D eigenvalue weighted by Crippen LogP contribution is -2.41. The summed E-state index contributed by atoms with van der Waals surface area (Å²) in [5, 5.41) is 10.7. The lowest BCUT2D eigenvalue weighted by atomic mass is 9.73. The standard InChI is InChI=1S/C19H21NO4/c1-18(2,3)19(4,15-8-6-5-7-9-15)24-17(21)14-10-12-16(13-11-14)20(22)23/h5-13H,1-4H3. The molecule has 0 aliphatic heterocycles. The second-order valence-electron chi connectivity index (χ2n) is 6.84. The van der Waals surface area contributed by atoms with Crippen LogP contribution < -0.4 is 0 Å². The third-order valence-electron chi connectivity index (χ3n) is 4.37. The molecule has 1 unspecified atom stereocenters. The Kier molecular flexibility index (Phi) is 4.73. The van der Waals surface area contributed by atoms with Crippen molar-refractivity contribution in [2.45, 2.75) is 33.3 Å². The van der Waals surface area contributed by atoms with E-state index in [-0.39, 0.29) is 16.7 Å². The number of benzene rings is 2. The molecule has 2 aromatic rings. The number of hydrogen-bond donors (Lipinski definition) is 0. The first-order valence-corrected chi connectivity index (χ1v) is 7.68. The van der Waals surface area contributed by atoms with E-state index in [1.54, 1.807) is 0 Å². The highest BCUT2D eigenvalue weighted by Gasteiger charge is 2.43. The topological polar surface area (TPSA) is 69.4 Å². The number of rotatable bonds is 4. The monoisotopic (exact) mass is 327 g/mol. The molecule has 0 spiro atoms. The van der Waals surface area contributed by atoms with Crippen molar-refractivity contribution in [1.29, 1.82) is 0 Å². The number of esters is 1. The van der Waals surface area contributed by atoms with E-state index in [1.165, 1.54) is 24.3 Å². The van der Waals surface area contributed by atoms with Gasteiger partial charge in [-0.25, -0.2) is 4.79 Å². The fraction of sp³-hybridized carbons (Fsp3) is 0.316. The van der Waals surface area contributed by atoms with E-state index < -0.39 is 16.5 Å². The first kappa shape index (κ1) is 17.7. The van der Waals surface area contributed by atoms with E-state index in [4.69, 9.17) is 4.74 Å². The van der Waals surface area contributed by atoms with Crippen molar-refractivity contribution in [3.05, 3.63) is 75.8 Å². The Balaban J connectivity index is 2.33. The number of nitro benzene ring substituents is 1. The molecule has 1 atom stereocenters. The Hall–Kier alpha value is -2.69. The van der Waals surface area contributed by atoms with Gasteiger partial charge in [-0.1, -0.05) is 51.1 Å². The number of ether oxygens (including phenoxy) is 1. The maximum atomic E-state index is 12.6. The summed E-state index contributed by atoms with van der Waals surface area (Å²) in [6.45, 7) is 7.89. The maximum absolute atomic E-state index is 12.6. The minimum atomic E-state index is -0.840. The average Bonchev–Trinajstić information content (AvgIpc) is 2.54. The molecule has 0 saturated heterocycles. The Labute approximate surface area is 141 Å². The molecule has 0 saturated carbocycles. The molecule has 2 rings (SSSR count). The molecule has 0 bridgehead atoms. The number of nitrogens with zero attached hydrogens (tertiary/aromatic N) is 1. The number of hydrogen-bond acceptors (Lipinski definition) is 4. The Morgan fingerprint density at radius 2 is 1.50 bits per heavy atom. The Morgan fingerprint density at radius 1 is 0.958 bits per heavy atom. The van der Waals surface area contributed by atoms with Crippen LogP contribution in [0.4, 0.5) is 5.69 Å².